The average molecular weight is 273 g/mol. The quantitative estimate of drug-likeness (QED) is 0.897. The van der Waals surface area contributed by atoms with Crippen molar-refractivity contribution in [3.63, 3.8) is 0 Å². The van der Waals surface area contributed by atoms with E-state index in [2.05, 4.69) is 16.3 Å². The van der Waals surface area contributed by atoms with Crippen LogP contribution in [0.5, 0.6) is 5.75 Å². The summed E-state index contributed by atoms with van der Waals surface area (Å²) in [5, 5.41) is 11.9. The Balaban J connectivity index is 1.98. The van der Waals surface area contributed by atoms with Gasteiger partial charge in [-0.25, -0.2) is 0 Å². The van der Waals surface area contributed by atoms with Crippen molar-refractivity contribution in [2.75, 3.05) is 20.2 Å². The minimum Gasteiger partial charge on any atom is -0.495 e. The molecule has 1 aliphatic heterocycles. The van der Waals surface area contributed by atoms with Gasteiger partial charge in [0, 0.05) is 32.6 Å². The van der Waals surface area contributed by atoms with Crippen LogP contribution >= 0.6 is 0 Å². The predicted molar refractivity (Wildman–Crippen MR) is 75.2 cm³/mol. The van der Waals surface area contributed by atoms with Crippen molar-refractivity contribution in [3.05, 3.63) is 29.3 Å². The minimum atomic E-state index is 0.0249. The van der Waals surface area contributed by atoms with Gasteiger partial charge in [0.25, 0.3) is 0 Å². The molecule has 0 aliphatic carbocycles. The van der Waals surface area contributed by atoms with Crippen molar-refractivity contribution in [1.82, 2.24) is 10.2 Å². The highest BCUT2D eigenvalue weighted by molar-refractivity contribution is 5.73. The zero-order valence-electron chi connectivity index (χ0n) is 11.8. The van der Waals surface area contributed by atoms with E-state index in [0.29, 0.717) is 11.3 Å². The van der Waals surface area contributed by atoms with Crippen LogP contribution in [0.4, 0.5) is 0 Å². The minimum absolute atomic E-state index is 0.0249. The summed E-state index contributed by atoms with van der Waals surface area (Å²) in [6.07, 6.45) is 0.979. The standard InChI is InChI=1S/C15H19N3O2/c1-11(19)17-14-5-6-18(10-14)9-12-3-4-13(8-16)15(7-12)20-2/h3-4,7,14H,5-6,9-10H2,1-2H3,(H,17,19). The number of amides is 1. The van der Waals surface area contributed by atoms with Crippen LogP contribution in [0.25, 0.3) is 0 Å². The normalized spacial score (nSPS) is 18.6. The first kappa shape index (κ1) is 14.4. The average Bonchev–Trinajstić information content (AvgIpc) is 2.85. The molecule has 1 aromatic rings. The fourth-order valence-electron chi connectivity index (χ4n) is 2.57. The van der Waals surface area contributed by atoms with Gasteiger partial charge in [-0.3, -0.25) is 9.69 Å². The van der Waals surface area contributed by atoms with E-state index in [1.54, 1.807) is 20.1 Å². The number of ether oxygens (including phenoxy) is 1. The third kappa shape index (κ3) is 3.49. The first-order valence-corrected chi connectivity index (χ1v) is 6.69. The molecule has 106 valence electrons. The number of benzene rings is 1. The topological polar surface area (TPSA) is 65.4 Å². The Morgan fingerprint density at radius 3 is 3.05 bits per heavy atom. The van der Waals surface area contributed by atoms with Gasteiger partial charge in [0.15, 0.2) is 0 Å². The molecule has 2 rings (SSSR count). The maximum Gasteiger partial charge on any atom is 0.217 e. The van der Waals surface area contributed by atoms with Crippen LogP contribution in [-0.2, 0) is 11.3 Å². The highest BCUT2D eigenvalue weighted by Crippen LogP contribution is 2.21. The van der Waals surface area contributed by atoms with Crippen molar-refractivity contribution < 1.29 is 9.53 Å². The molecule has 0 aromatic heterocycles. The summed E-state index contributed by atoms with van der Waals surface area (Å²) < 4.78 is 5.22. The van der Waals surface area contributed by atoms with Gasteiger partial charge >= 0.3 is 0 Å². The van der Waals surface area contributed by atoms with Gasteiger partial charge in [0.2, 0.25) is 5.91 Å². The van der Waals surface area contributed by atoms with Crippen molar-refractivity contribution in [3.8, 4) is 11.8 Å². The first-order valence-electron chi connectivity index (χ1n) is 6.69. The first-order chi connectivity index (χ1) is 9.62. The van der Waals surface area contributed by atoms with E-state index in [9.17, 15) is 4.79 Å². The van der Waals surface area contributed by atoms with Crippen LogP contribution in [0.2, 0.25) is 0 Å². The predicted octanol–water partition coefficient (Wildman–Crippen LogP) is 1.28. The molecule has 1 amide bonds. The second-order valence-corrected chi connectivity index (χ2v) is 5.07. The van der Waals surface area contributed by atoms with E-state index in [1.165, 1.54) is 0 Å². The van der Waals surface area contributed by atoms with Gasteiger partial charge in [-0.1, -0.05) is 6.07 Å². The summed E-state index contributed by atoms with van der Waals surface area (Å²) in [4.78, 5) is 13.3. The lowest BCUT2D eigenvalue weighted by molar-refractivity contribution is -0.119. The molecule has 0 bridgehead atoms. The molecule has 1 atom stereocenters. The van der Waals surface area contributed by atoms with E-state index >= 15 is 0 Å². The summed E-state index contributed by atoms with van der Waals surface area (Å²) in [5.74, 6) is 0.638. The molecule has 5 heteroatoms. The molecule has 1 fully saturated rings. The van der Waals surface area contributed by atoms with E-state index in [-0.39, 0.29) is 11.9 Å². The maximum absolute atomic E-state index is 11.0. The highest BCUT2D eigenvalue weighted by atomic mass is 16.5. The molecule has 1 N–H and O–H groups in total. The molecule has 1 unspecified atom stereocenters. The van der Waals surface area contributed by atoms with Crippen molar-refractivity contribution in [1.29, 1.82) is 5.26 Å². The smallest absolute Gasteiger partial charge is 0.217 e. The Morgan fingerprint density at radius 1 is 1.60 bits per heavy atom. The van der Waals surface area contributed by atoms with Crippen molar-refractivity contribution >= 4 is 5.91 Å². The lowest BCUT2D eigenvalue weighted by atomic mass is 10.1. The van der Waals surface area contributed by atoms with E-state index < -0.39 is 0 Å². The molecule has 1 heterocycles. The number of methoxy groups -OCH3 is 1. The van der Waals surface area contributed by atoms with Gasteiger partial charge in [-0.15, -0.1) is 0 Å². The molecular weight excluding hydrogens is 254 g/mol. The lowest BCUT2D eigenvalue weighted by Crippen LogP contribution is -2.35. The molecule has 0 spiro atoms. The Morgan fingerprint density at radius 2 is 2.40 bits per heavy atom. The summed E-state index contributed by atoms with van der Waals surface area (Å²) in [5.41, 5.74) is 1.66. The van der Waals surface area contributed by atoms with E-state index in [4.69, 9.17) is 10.00 Å². The molecule has 0 radical (unpaired) electrons. The van der Waals surface area contributed by atoms with Crippen LogP contribution in [0.3, 0.4) is 0 Å². The van der Waals surface area contributed by atoms with Crippen LogP contribution in [-0.4, -0.2) is 37.0 Å². The van der Waals surface area contributed by atoms with Crippen LogP contribution < -0.4 is 10.1 Å². The molecule has 1 aromatic carbocycles. The number of nitrogens with one attached hydrogen (secondary N) is 1. The number of carbonyl (C=O) groups is 1. The van der Waals surface area contributed by atoms with Crippen molar-refractivity contribution in [2.24, 2.45) is 0 Å². The number of nitriles is 1. The molecule has 0 saturated carbocycles. The van der Waals surface area contributed by atoms with Crippen molar-refractivity contribution in [2.45, 2.75) is 25.9 Å². The fourth-order valence-corrected chi connectivity index (χ4v) is 2.57. The lowest BCUT2D eigenvalue weighted by Gasteiger charge is -2.17. The summed E-state index contributed by atoms with van der Waals surface area (Å²) >= 11 is 0. The number of hydrogen-bond acceptors (Lipinski definition) is 4. The van der Waals surface area contributed by atoms with Crippen LogP contribution in [0.15, 0.2) is 18.2 Å². The van der Waals surface area contributed by atoms with Gasteiger partial charge in [0.05, 0.1) is 12.7 Å². The van der Waals surface area contributed by atoms with Gasteiger partial charge in [0.1, 0.15) is 11.8 Å². The Kier molecular flexibility index (Phi) is 4.59. The Hall–Kier alpha value is -2.06. The highest BCUT2D eigenvalue weighted by Gasteiger charge is 2.23. The molecule has 20 heavy (non-hydrogen) atoms. The van der Waals surface area contributed by atoms with Gasteiger partial charge in [-0.2, -0.15) is 5.26 Å². The number of nitrogens with zero attached hydrogens (tertiary/aromatic N) is 2. The number of likely N-dealkylation sites (tertiary alicyclic amines) is 1. The summed E-state index contributed by atoms with van der Waals surface area (Å²) in [6.45, 7) is 4.18. The zero-order chi connectivity index (χ0) is 14.5. The monoisotopic (exact) mass is 273 g/mol. The SMILES string of the molecule is COc1cc(CN2CCC(NC(C)=O)C2)ccc1C#N. The molecule has 1 aliphatic rings. The third-order valence-corrected chi connectivity index (χ3v) is 3.47. The van der Waals surface area contributed by atoms with E-state index in [1.807, 2.05) is 12.1 Å². The molecule has 1 saturated heterocycles. The number of rotatable bonds is 4. The Bertz CT molecular complexity index is 536. The zero-order valence-corrected chi connectivity index (χ0v) is 11.8. The largest absolute Gasteiger partial charge is 0.495 e. The van der Waals surface area contributed by atoms with Crippen LogP contribution in [0, 0.1) is 11.3 Å². The van der Waals surface area contributed by atoms with Gasteiger partial charge in [-0.05, 0) is 24.1 Å². The molecular formula is C15H19N3O2. The summed E-state index contributed by atoms with van der Waals surface area (Å²) in [6, 6.07) is 8.00. The fraction of sp³-hybridized carbons (Fsp3) is 0.467. The molecule has 5 nitrogen and oxygen atoms in total. The Labute approximate surface area is 119 Å². The van der Waals surface area contributed by atoms with Gasteiger partial charge < -0.3 is 10.1 Å². The van der Waals surface area contributed by atoms with E-state index in [0.717, 1.165) is 31.6 Å². The summed E-state index contributed by atoms with van der Waals surface area (Å²) in [7, 11) is 1.57. The second kappa shape index (κ2) is 6.40. The number of carbonyl (C=O) groups excluding carboxylic acids is 1. The maximum atomic E-state index is 11.0. The second-order valence-electron chi connectivity index (χ2n) is 5.07. The third-order valence-electron chi connectivity index (χ3n) is 3.47. The van der Waals surface area contributed by atoms with Crippen LogP contribution in [0.1, 0.15) is 24.5 Å². The number of hydrogen-bond donors (Lipinski definition) is 1.